The standard InChI is InChI=1S/C23H27F3/c1-16-5-9-19(10-6-16)23-21(25)14-20(15-22(23)26)18-11-7-17(8-12-18)4-2-3-13-24/h5-6,9-10,14-15,17-18H,2-4,7-8,11-13H2,1H3. The van der Waals surface area contributed by atoms with Crippen LogP contribution in [0, 0.1) is 24.5 Å². The minimum absolute atomic E-state index is 0.0636. The van der Waals surface area contributed by atoms with E-state index in [1.165, 1.54) is 12.1 Å². The van der Waals surface area contributed by atoms with E-state index in [0.717, 1.165) is 49.7 Å². The smallest absolute Gasteiger partial charge is 0.134 e. The van der Waals surface area contributed by atoms with Crippen molar-refractivity contribution in [2.45, 2.75) is 57.8 Å². The summed E-state index contributed by atoms with van der Waals surface area (Å²) in [7, 11) is 0. The van der Waals surface area contributed by atoms with Gasteiger partial charge in [0.15, 0.2) is 0 Å². The number of benzene rings is 2. The zero-order chi connectivity index (χ0) is 18.5. The molecule has 0 aliphatic heterocycles. The number of hydrogen-bond acceptors (Lipinski definition) is 0. The summed E-state index contributed by atoms with van der Waals surface area (Å²) in [5.41, 5.74) is 2.48. The van der Waals surface area contributed by atoms with Crippen LogP contribution in [0.4, 0.5) is 13.2 Å². The predicted octanol–water partition coefficient (Wildman–Crippen LogP) is 7.35. The van der Waals surface area contributed by atoms with Gasteiger partial charge in [-0.3, -0.25) is 4.39 Å². The highest BCUT2D eigenvalue weighted by Gasteiger charge is 2.24. The quantitative estimate of drug-likeness (QED) is 0.472. The summed E-state index contributed by atoms with van der Waals surface area (Å²) in [6, 6.07) is 10.3. The maximum absolute atomic E-state index is 14.7. The SMILES string of the molecule is Cc1ccc(-c2c(F)cc(C3CCC(CCCCF)CC3)cc2F)cc1. The van der Waals surface area contributed by atoms with E-state index in [9.17, 15) is 13.2 Å². The Bertz CT molecular complexity index is 690. The lowest BCUT2D eigenvalue weighted by Gasteiger charge is -2.29. The van der Waals surface area contributed by atoms with Crippen LogP contribution in [-0.4, -0.2) is 6.67 Å². The second-order valence-corrected chi connectivity index (χ2v) is 7.63. The Morgan fingerprint density at radius 1 is 0.885 bits per heavy atom. The van der Waals surface area contributed by atoms with E-state index in [0.29, 0.717) is 17.9 Å². The minimum atomic E-state index is -0.478. The highest BCUT2D eigenvalue weighted by atomic mass is 19.1. The van der Waals surface area contributed by atoms with Gasteiger partial charge in [0.1, 0.15) is 11.6 Å². The third-order valence-electron chi connectivity index (χ3n) is 5.72. The summed E-state index contributed by atoms with van der Waals surface area (Å²) in [5.74, 6) is -0.0920. The summed E-state index contributed by atoms with van der Waals surface area (Å²) >= 11 is 0. The Labute approximate surface area is 154 Å². The monoisotopic (exact) mass is 360 g/mol. The fraction of sp³-hybridized carbons (Fsp3) is 0.478. The van der Waals surface area contributed by atoms with E-state index in [1.54, 1.807) is 12.1 Å². The first-order valence-corrected chi connectivity index (χ1v) is 9.70. The highest BCUT2D eigenvalue weighted by molar-refractivity contribution is 5.65. The lowest BCUT2D eigenvalue weighted by Crippen LogP contribution is -2.14. The molecular formula is C23H27F3. The van der Waals surface area contributed by atoms with Gasteiger partial charge in [-0.15, -0.1) is 0 Å². The molecule has 0 N–H and O–H groups in total. The molecule has 0 nitrogen and oxygen atoms in total. The Hall–Kier alpha value is -1.77. The van der Waals surface area contributed by atoms with Gasteiger partial charge in [0.2, 0.25) is 0 Å². The zero-order valence-corrected chi connectivity index (χ0v) is 15.4. The summed E-state index contributed by atoms with van der Waals surface area (Å²) in [6.45, 7) is 1.72. The van der Waals surface area contributed by atoms with E-state index in [4.69, 9.17) is 0 Å². The normalized spacial score (nSPS) is 20.3. The molecule has 2 aromatic carbocycles. The number of hydrogen-bond donors (Lipinski definition) is 0. The maximum atomic E-state index is 14.7. The summed E-state index contributed by atoms with van der Waals surface area (Å²) in [4.78, 5) is 0. The zero-order valence-electron chi connectivity index (χ0n) is 15.4. The van der Waals surface area contributed by atoms with Crippen molar-refractivity contribution in [1.29, 1.82) is 0 Å². The van der Waals surface area contributed by atoms with Gasteiger partial charge in [-0.1, -0.05) is 42.7 Å². The summed E-state index contributed by atoms with van der Waals surface area (Å²) < 4.78 is 41.5. The van der Waals surface area contributed by atoms with Gasteiger partial charge in [0.25, 0.3) is 0 Å². The summed E-state index contributed by atoms with van der Waals surface area (Å²) in [5, 5.41) is 0. The number of unbranched alkanes of at least 4 members (excludes halogenated alkanes) is 1. The number of alkyl halides is 1. The number of rotatable bonds is 6. The van der Waals surface area contributed by atoms with Crippen LogP contribution in [0.2, 0.25) is 0 Å². The molecule has 3 heteroatoms. The Kier molecular flexibility index (Phi) is 6.39. The topological polar surface area (TPSA) is 0 Å². The average molecular weight is 360 g/mol. The second kappa shape index (κ2) is 8.75. The Morgan fingerprint density at radius 2 is 1.50 bits per heavy atom. The molecule has 1 saturated carbocycles. The molecule has 0 aromatic heterocycles. The molecule has 0 radical (unpaired) electrons. The molecule has 0 saturated heterocycles. The lowest BCUT2D eigenvalue weighted by molar-refractivity contribution is 0.297. The van der Waals surface area contributed by atoms with Crippen LogP contribution in [0.3, 0.4) is 0 Å². The number of halogens is 3. The van der Waals surface area contributed by atoms with Crippen molar-refractivity contribution < 1.29 is 13.2 Å². The highest BCUT2D eigenvalue weighted by Crippen LogP contribution is 2.39. The van der Waals surface area contributed by atoms with Crippen LogP contribution in [0.25, 0.3) is 11.1 Å². The van der Waals surface area contributed by atoms with Crippen molar-refractivity contribution in [2.24, 2.45) is 5.92 Å². The molecule has 1 aliphatic rings. The Morgan fingerprint density at radius 3 is 2.08 bits per heavy atom. The van der Waals surface area contributed by atoms with Crippen LogP contribution >= 0.6 is 0 Å². The van der Waals surface area contributed by atoms with Crippen LogP contribution in [0.5, 0.6) is 0 Å². The molecule has 0 unspecified atom stereocenters. The van der Waals surface area contributed by atoms with Gasteiger partial charge in [-0.25, -0.2) is 8.78 Å². The fourth-order valence-electron chi connectivity index (χ4n) is 4.14. The predicted molar refractivity (Wildman–Crippen MR) is 101 cm³/mol. The summed E-state index contributed by atoms with van der Waals surface area (Å²) in [6.07, 6.45) is 6.73. The van der Waals surface area contributed by atoms with Crippen LogP contribution in [0.1, 0.15) is 62.0 Å². The minimum Gasteiger partial charge on any atom is -0.251 e. The largest absolute Gasteiger partial charge is 0.251 e. The fourth-order valence-corrected chi connectivity index (χ4v) is 4.14. The lowest BCUT2D eigenvalue weighted by atomic mass is 9.77. The van der Waals surface area contributed by atoms with Gasteiger partial charge < -0.3 is 0 Å². The van der Waals surface area contributed by atoms with E-state index >= 15 is 0 Å². The molecule has 140 valence electrons. The van der Waals surface area contributed by atoms with Crippen molar-refractivity contribution in [3.63, 3.8) is 0 Å². The maximum Gasteiger partial charge on any atom is 0.134 e. The molecular weight excluding hydrogens is 333 g/mol. The van der Waals surface area contributed by atoms with Crippen molar-refractivity contribution in [2.75, 3.05) is 6.67 Å². The number of aryl methyl sites for hydroxylation is 1. The molecule has 3 rings (SSSR count). The first-order valence-electron chi connectivity index (χ1n) is 9.70. The molecule has 1 aliphatic carbocycles. The van der Waals surface area contributed by atoms with Crippen LogP contribution in [0.15, 0.2) is 36.4 Å². The molecule has 0 bridgehead atoms. The van der Waals surface area contributed by atoms with Gasteiger partial charge in [-0.05, 0) is 74.1 Å². The molecule has 1 fully saturated rings. The molecule has 26 heavy (non-hydrogen) atoms. The Balaban J connectivity index is 1.70. The van der Waals surface area contributed by atoms with Gasteiger partial charge in [0.05, 0.1) is 12.2 Å². The van der Waals surface area contributed by atoms with E-state index in [-0.39, 0.29) is 18.2 Å². The van der Waals surface area contributed by atoms with Crippen molar-refractivity contribution in [1.82, 2.24) is 0 Å². The van der Waals surface area contributed by atoms with Gasteiger partial charge in [0, 0.05) is 0 Å². The third-order valence-corrected chi connectivity index (χ3v) is 5.72. The molecule has 0 atom stereocenters. The van der Waals surface area contributed by atoms with Crippen molar-refractivity contribution >= 4 is 0 Å². The van der Waals surface area contributed by atoms with Gasteiger partial charge in [-0.2, -0.15) is 0 Å². The molecule has 2 aromatic rings. The van der Waals surface area contributed by atoms with Crippen molar-refractivity contribution in [3.8, 4) is 11.1 Å². The molecule has 0 spiro atoms. The third kappa shape index (κ3) is 4.49. The average Bonchev–Trinajstić information content (AvgIpc) is 2.63. The van der Waals surface area contributed by atoms with Crippen molar-refractivity contribution in [3.05, 3.63) is 59.2 Å². The first-order chi connectivity index (χ1) is 12.6. The van der Waals surface area contributed by atoms with E-state index < -0.39 is 11.6 Å². The molecule has 0 heterocycles. The molecule has 0 amide bonds. The van der Waals surface area contributed by atoms with Crippen LogP contribution in [-0.2, 0) is 0 Å². The second-order valence-electron chi connectivity index (χ2n) is 7.63. The van der Waals surface area contributed by atoms with E-state index in [1.807, 2.05) is 19.1 Å². The van der Waals surface area contributed by atoms with Gasteiger partial charge >= 0.3 is 0 Å². The van der Waals surface area contributed by atoms with E-state index in [2.05, 4.69) is 0 Å². The van der Waals surface area contributed by atoms with Crippen LogP contribution < -0.4 is 0 Å². The first kappa shape index (κ1) is 19.0.